The fourth-order valence-electron chi connectivity index (χ4n) is 2.56. The monoisotopic (exact) mass is 338 g/mol. The van der Waals surface area contributed by atoms with Crippen LogP contribution in [0.2, 0.25) is 0 Å². The highest BCUT2D eigenvalue weighted by Crippen LogP contribution is 2.19. The van der Waals surface area contributed by atoms with E-state index in [0.29, 0.717) is 25.6 Å². The van der Waals surface area contributed by atoms with Crippen LogP contribution in [0.25, 0.3) is 0 Å². The number of nitrogens with one attached hydrogen (secondary N) is 1. The van der Waals surface area contributed by atoms with Crippen LogP contribution < -0.4 is 5.32 Å². The van der Waals surface area contributed by atoms with Gasteiger partial charge in [-0.1, -0.05) is 13.0 Å². The van der Waals surface area contributed by atoms with E-state index < -0.39 is 0 Å². The average molecular weight is 338 g/mol. The van der Waals surface area contributed by atoms with Crippen LogP contribution in [0.15, 0.2) is 22.5 Å². The molecule has 1 aliphatic rings. The summed E-state index contributed by atoms with van der Waals surface area (Å²) in [6.45, 7) is 8.19. The molecule has 6 nitrogen and oxygen atoms in total. The zero-order valence-corrected chi connectivity index (χ0v) is 14.9. The highest BCUT2D eigenvalue weighted by molar-refractivity contribution is 7.10. The lowest BCUT2D eigenvalue weighted by Crippen LogP contribution is -2.54. The van der Waals surface area contributed by atoms with Crippen LogP contribution in [-0.2, 0) is 4.74 Å². The number of carbonyl (C=O) groups is 1. The summed E-state index contributed by atoms with van der Waals surface area (Å²) in [6, 6.07) is 4.25. The largest absolute Gasteiger partial charge is 0.450 e. The van der Waals surface area contributed by atoms with E-state index in [1.54, 1.807) is 23.3 Å². The molecule has 1 fully saturated rings. The number of thiophene rings is 1. The van der Waals surface area contributed by atoms with Gasteiger partial charge in [0.1, 0.15) is 0 Å². The predicted molar refractivity (Wildman–Crippen MR) is 94.3 cm³/mol. The van der Waals surface area contributed by atoms with Gasteiger partial charge in [0, 0.05) is 50.6 Å². The molecule has 0 bridgehead atoms. The zero-order chi connectivity index (χ0) is 16.7. The van der Waals surface area contributed by atoms with E-state index in [1.165, 1.54) is 4.88 Å². The Morgan fingerprint density at radius 1 is 1.39 bits per heavy atom. The van der Waals surface area contributed by atoms with Crippen LogP contribution in [0.4, 0.5) is 4.79 Å². The molecule has 0 radical (unpaired) electrons. The van der Waals surface area contributed by atoms with Crippen molar-refractivity contribution >= 4 is 23.4 Å². The van der Waals surface area contributed by atoms with Gasteiger partial charge in [-0.2, -0.15) is 0 Å². The molecule has 1 N–H and O–H groups in total. The van der Waals surface area contributed by atoms with Gasteiger partial charge in [-0.15, -0.1) is 11.3 Å². The SMILES string of the molecule is CCOC(=O)N1CCN(C(=NC)NCC(C)c2cccs2)CC1. The lowest BCUT2D eigenvalue weighted by molar-refractivity contribution is 0.0914. The fraction of sp³-hybridized carbons (Fsp3) is 0.625. The molecule has 23 heavy (non-hydrogen) atoms. The average Bonchev–Trinajstić information content (AvgIpc) is 3.10. The van der Waals surface area contributed by atoms with E-state index in [9.17, 15) is 4.79 Å². The number of rotatable bonds is 4. The van der Waals surface area contributed by atoms with Gasteiger partial charge >= 0.3 is 6.09 Å². The lowest BCUT2D eigenvalue weighted by Gasteiger charge is -2.36. The number of amides is 1. The van der Waals surface area contributed by atoms with Gasteiger partial charge in [0.2, 0.25) is 0 Å². The first-order valence-electron chi connectivity index (χ1n) is 8.06. The van der Waals surface area contributed by atoms with Gasteiger partial charge in [-0.3, -0.25) is 4.99 Å². The summed E-state index contributed by atoms with van der Waals surface area (Å²) in [5.74, 6) is 1.35. The van der Waals surface area contributed by atoms with Crippen molar-refractivity contribution in [2.45, 2.75) is 19.8 Å². The van der Waals surface area contributed by atoms with E-state index in [-0.39, 0.29) is 6.09 Å². The number of guanidine groups is 1. The van der Waals surface area contributed by atoms with Gasteiger partial charge in [0.05, 0.1) is 6.61 Å². The second-order valence-corrected chi connectivity index (χ2v) is 6.50. The summed E-state index contributed by atoms with van der Waals surface area (Å²) in [6.07, 6.45) is -0.221. The zero-order valence-electron chi connectivity index (χ0n) is 14.1. The number of ether oxygens (including phenoxy) is 1. The van der Waals surface area contributed by atoms with Crippen molar-refractivity contribution in [2.75, 3.05) is 46.4 Å². The van der Waals surface area contributed by atoms with Crippen LogP contribution in [0.3, 0.4) is 0 Å². The van der Waals surface area contributed by atoms with Crippen LogP contribution in [0, 0.1) is 0 Å². The third-order valence-electron chi connectivity index (χ3n) is 3.91. The number of nitrogens with zero attached hydrogens (tertiary/aromatic N) is 3. The Balaban J connectivity index is 1.80. The van der Waals surface area contributed by atoms with Gasteiger partial charge < -0.3 is 19.9 Å². The molecule has 1 atom stereocenters. The minimum absolute atomic E-state index is 0.221. The first kappa shape index (κ1) is 17.6. The first-order valence-corrected chi connectivity index (χ1v) is 8.94. The van der Waals surface area contributed by atoms with Crippen molar-refractivity contribution in [3.05, 3.63) is 22.4 Å². The number of hydrogen-bond acceptors (Lipinski definition) is 4. The summed E-state index contributed by atoms with van der Waals surface area (Å²) in [4.78, 5) is 21.4. The predicted octanol–water partition coefficient (Wildman–Crippen LogP) is 2.20. The minimum Gasteiger partial charge on any atom is -0.450 e. The van der Waals surface area contributed by atoms with Crippen LogP contribution >= 0.6 is 11.3 Å². The third-order valence-corrected chi connectivity index (χ3v) is 5.02. The smallest absolute Gasteiger partial charge is 0.409 e. The van der Waals surface area contributed by atoms with E-state index in [0.717, 1.165) is 25.6 Å². The Morgan fingerprint density at radius 2 is 2.09 bits per heavy atom. The first-order chi connectivity index (χ1) is 11.2. The molecule has 1 aromatic heterocycles. The van der Waals surface area contributed by atoms with E-state index in [2.05, 4.69) is 39.6 Å². The molecule has 1 saturated heterocycles. The summed E-state index contributed by atoms with van der Waals surface area (Å²) >= 11 is 1.78. The van der Waals surface area contributed by atoms with Gasteiger partial charge in [-0.25, -0.2) is 4.79 Å². The number of carbonyl (C=O) groups excluding carboxylic acids is 1. The molecule has 128 valence electrons. The number of aliphatic imine (C=N–C) groups is 1. The molecule has 0 spiro atoms. The van der Waals surface area contributed by atoms with E-state index in [4.69, 9.17) is 4.74 Å². The van der Waals surface area contributed by atoms with Crippen LogP contribution in [0.1, 0.15) is 24.6 Å². The van der Waals surface area contributed by atoms with Crippen LogP contribution in [-0.4, -0.2) is 68.2 Å². The Labute approximate surface area is 142 Å². The number of piperazine rings is 1. The Bertz CT molecular complexity index is 510. The van der Waals surface area contributed by atoms with Gasteiger partial charge in [0.25, 0.3) is 0 Å². The molecule has 1 aromatic rings. The normalized spacial score (nSPS) is 17.1. The molecule has 1 aliphatic heterocycles. The quantitative estimate of drug-likeness (QED) is 0.675. The molecule has 2 rings (SSSR count). The fourth-order valence-corrected chi connectivity index (χ4v) is 3.35. The van der Waals surface area contributed by atoms with E-state index in [1.807, 2.05) is 6.92 Å². The second-order valence-electron chi connectivity index (χ2n) is 5.52. The number of hydrogen-bond donors (Lipinski definition) is 1. The van der Waals surface area contributed by atoms with Crippen molar-refractivity contribution in [1.29, 1.82) is 0 Å². The Morgan fingerprint density at radius 3 is 2.65 bits per heavy atom. The standard InChI is InChI=1S/C16H26N4O2S/c1-4-22-16(21)20-9-7-19(8-10-20)15(17-3)18-12-13(2)14-6-5-11-23-14/h5-6,11,13H,4,7-10,12H2,1-3H3,(H,17,18). The maximum Gasteiger partial charge on any atom is 0.409 e. The lowest BCUT2D eigenvalue weighted by atomic mass is 10.1. The molecule has 1 amide bonds. The molecule has 7 heteroatoms. The molecule has 0 saturated carbocycles. The topological polar surface area (TPSA) is 57.2 Å². The molecule has 0 aromatic carbocycles. The maximum absolute atomic E-state index is 11.7. The molecule has 1 unspecified atom stereocenters. The second kappa shape index (κ2) is 8.76. The Kier molecular flexibility index (Phi) is 6.70. The molecular formula is C16H26N4O2S. The van der Waals surface area contributed by atoms with Gasteiger partial charge in [-0.05, 0) is 18.4 Å². The molecule has 0 aliphatic carbocycles. The van der Waals surface area contributed by atoms with E-state index >= 15 is 0 Å². The van der Waals surface area contributed by atoms with Crippen molar-refractivity contribution in [2.24, 2.45) is 4.99 Å². The summed E-state index contributed by atoms with van der Waals surface area (Å²) < 4.78 is 5.05. The maximum atomic E-state index is 11.7. The van der Waals surface area contributed by atoms with Crippen molar-refractivity contribution in [1.82, 2.24) is 15.1 Å². The third kappa shape index (κ3) is 4.86. The van der Waals surface area contributed by atoms with Crippen LogP contribution in [0.5, 0.6) is 0 Å². The van der Waals surface area contributed by atoms with Crippen molar-refractivity contribution in [3.8, 4) is 0 Å². The Hall–Kier alpha value is -1.76. The summed E-state index contributed by atoms with van der Waals surface area (Å²) in [5.41, 5.74) is 0. The molecule has 2 heterocycles. The minimum atomic E-state index is -0.221. The highest BCUT2D eigenvalue weighted by Gasteiger charge is 2.23. The molecular weight excluding hydrogens is 312 g/mol. The van der Waals surface area contributed by atoms with Crippen molar-refractivity contribution in [3.63, 3.8) is 0 Å². The van der Waals surface area contributed by atoms with Crippen molar-refractivity contribution < 1.29 is 9.53 Å². The van der Waals surface area contributed by atoms with Gasteiger partial charge in [0.15, 0.2) is 5.96 Å². The highest BCUT2D eigenvalue weighted by atomic mass is 32.1. The summed E-state index contributed by atoms with van der Waals surface area (Å²) in [5, 5.41) is 5.55. The summed E-state index contributed by atoms with van der Waals surface area (Å²) in [7, 11) is 1.80.